The summed E-state index contributed by atoms with van der Waals surface area (Å²) >= 11 is 1.60. The molecule has 116 valence electrons. The summed E-state index contributed by atoms with van der Waals surface area (Å²) in [6, 6.07) is 10.1. The number of hydrogen-bond acceptors (Lipinski definition) is 5. The third kappa shape index (κ3) is 2.53. The normalized spacial score (nSPS) is 13.9. The first-order chi connectivity index (χ1) is 11.2. The van der Waals surface area contributed by atoms with E-state index in [-0.39, 0.29) is 5.91 Å². The fourth-order valence-corrected chi connectivity index (χ4v) is 3.51. The molecule has 23 heavy (non-hydrogen) atoms. The van der Waals surface area contributed by atoms with E-state index in [1.54, 1.807) is 23.2 Å². The molecule has 6 nitrogen and oxygen atoms in total. The number of nitrogens with zero attached hydrogens (tertiary/aromatic N) is 5. The van der Waals surface area contributed by atoms with Crippen molar-refractivity contribution in [1.82, 2.24) is 24.6 Å². The number of rotatable bonds is 2. The molecule has 0 aliphatic carbocycles. The first-order valence-electron chi connectivity index (χ1n) is 7.41. The average molecular weight is 325 g/mol. The maximum absolute atomic E-state index is 11.5. The van der Waals surface area contributed by atoms with Crippen LogP contribution in [0.4, 0.5) is 0 Å². The summed E-state index contributed by atoms with van der Waals surface area (Å²) in [7, 11) is 0. The molecule has 0 atom stereocenters. The molecule has 1 aromatic carbocycles. The summed E-state index contributed by atoms with van der Waals surface area (Å²) < 4.78 is 2.06. The number of aromatic nitrogens is 4. The Morgan fingerprint density at radius 3 is 2.78 bits per heavy atom. The molecule has 0 fully saturated rings. The second-order valence-corrected chi connectivity index (χ2v) is 6.29. The average Bonchev–Trinajstić information content (AvgIpc) is 3.21. The van der Waals surface area contributed by atoms with Crippen molar-refractivity contribution >= 4 is 17.2 Å². The molecule has 7 heteroatoms. The van der Waals surface area contributed by atoms with Crippen molar-refractivity contribution in [2.75, 3.05) is 6.54 Å². The lowest BCUT2D eigenvalue weighted by atomic mass is 10.2. The number of benzene rings is 1. The van der Waals surface area contributed by atoms with Crippen LogP contribution in [0.5, 0.6) is 0 Å². The van der Waals surface area contributed by atoms with Crippen LogP contribution in [0.2, 0.25) is 0 Å². The van der Waals surface area contributed by atoms with E-state index in [1.807, 2.05) is 35.7 Å². The first-order valence-corrected chi connectivity index (χ1v) is 8.29. The molecule has 2 aromatic heterocycles. The van der Waals surface area contributed by atoms with Crippen molar-refractivity contribution in [3.05, 3.63) is 41.5 Å². The zero-order valence-electron chi connectivity index (χ0n) is 12.6. The van der Waals surface area contributed by atoms with E-state index >= 15 is 0 Å². The molecule has 0 unspecified atom stereocenters. The van der Waals surface area contributed by atoms with Gasteiger partial charge >= 0.3 is 0 Å². The fraction of sp³-hybridized carbons (Fsp3) is 0.250. The molecule has 3 heterocycles. The smallest absolute Gasteiger partial charge is 0.219 e. The summed E-state index contributed by atoms with van der Waals surface area (Å²) in [6.45, 7) is 3.48. The number of hydrogen-bond donors (Lipinski definition) is 0. The molecule has 3 aromatic rings. The van der Waals surface area contributed by atoms with E-state index < -0.39 is 0 Å². The highest BCUT2D eigenvalue weighted by atomic mass is 32.1. The van der Waals surface area contributed by atoms with Crippen LogP contribution in [-0.4, -0.2) is 37.1 Å². The van der Waals surface area contributed by atoms with Gasteiger partial charge in [-0.05, 0) is 0 Å². The standard InChI is InChI=1S/C16H15N5OS/c1-11(22)20-7-8-21-14(9-20)18-19-15(21)13-10-23-16(17-13)12-5-3-2-4-6-12/h2-6,10H,7-9H2,1H3. The van der Waals surface area contributed by atoms with Gasteiger partial charge in [0.1, 0.15) is 10.7 Å². The van der Waals surface area contributed by atoms with E-state index in [0.29, 0.717) is 19.6 Å². The van der Waals surface area contributed by atoms with Crippen molar-refractivity contribution < 1.29 is 4.79 Å². The van der Waals surface area contributed by atoms with Gasteiger partial charge in [-0.25, -0.2) is 4.98 Å². The van der Waals surface area contributed by atoms with Crippen LogP contribution < -0.4 is 0 Å². The van der Waals surface area contributed by atoms with Gasteiger partial charge in [-0.1, -0.05) is 30.3 Å². The number of carbonyl (C=O) groups is 1. The number of thiazole rings is 1. The topological polar surface area (TPSA) is 63.9 Å². The Morgan fingerprint density at radius 2 is 2.00 bits per heavy atom. The number of fused-ring (bicyclic) bond motifs is 1. The summed E-state index contributed by atoms with van der Waals surface area (Å²) in [5, 5.41) is 11.5. The van der Waals surface area contributed by atoms with Gasteiger partial charge in [-0.15, -0.1) is 21.5 Å². The lowest BCUT2D eigenvalue weighted by molar-refractivity contribution is -0.130. The van der Waals surface area contributed by atoms with Crippen LogP contribution in [-0.2, 0) is 17.9 Å². The van der Waals surface area contributed by atoms with Crippen molar-refractivity contribution in [2.24, 2.45) is 0 Å². The molecule has 0 spiro atoms. The molecular weight excluding hydrogens is 310 g/mol. The minimum absolute atomic E-state index is 0.0702. The Bertz CT molecular complexity index is 854. The molecule has 0 saturated carbocycles. The van der Waals surface area contributed by atoms with Gasteiger partial charge in [0.05, 0.1) is 6.54 Å². The predicted molar refractivity (Wildman–Crippen MR) is 87.7 cm³/mol. The number of amides is 1. The second-order valence-electron chi connectivity index (χ2n) is 5.44. The van der Waals surface area contributed by atoms with Crippen molar-refractivity contribution in [3.8, 4) is 22.1 Å². The Balaban J connectivity index is 1.66. The SMILES string of the molecule is CC(=O)N1CCn2c(nnc2-c2csc(-c3ccccc3)n2)C1. The highest BCUT2D eigenvalue weighted by Crippen LogP contribution is 2.29. The van der Waals surface area contributed by atoms with Crippen molar-refractivity contribution in [3.63, 3.8) is 0 Å². The molecular formula is C16H15N5OS. The summed E-state index contributed by atoms with van der Waals surface area (Å²) in [6.07, 6.45) is 0. The third-order valence-electron chi connectivity index (χ3n) is 3.95. The lowest BCUT2D eigenvalue weighted by Crippen LogP contribution is -2.37. The Kier molecular flexibility index (Phi) is 3.42. The number of carbonyl (C=O) groups excluding carboxylic acids is 1. The van der Waals surface area contributed by atoms with Crippen LogP contribution in [0.3, 0.4) is 0 Å². The van der Waals surface area contributed by atoms with Crippen LogP contribution in [0.25, 0.3) is 22.1 Å². The van der Waals surface area contributed by atoms with Gasteiger partial charge in [0.15, 0.2) is 11.6 Å². The first kappa shape index (κ1) is 14.1. The fourth-order valence-electron chi connectivity index (χ4n) is 2.71. The Hall–Kier alpha value is -2.54. The lowest BCUT2D eigenvalue weighted by Gasteiger charge is -2.26. The van der Waals surface area contributed by atoms with Gasteiger partial charge in [0.25, 0.3) is 0 Å². The molecule has 1 aliphatic rings. The maximum atomic E-state index is 11.5. The highest BCUT2D eigenvalue weighted by Gasteiger charge is 2.24. The summed E-state index contributed by atoms with van der Waals surface area (Å²) in [5.41, 5.74) is 1.94. The molecule has 0 bridgehead atoms. The van der Waals surface area contributed by atoms with Crippen molar-refractivity contribution in [2.45, 2.75) is 20.0 Å². The molecule has 1 aliphatic heterocycles. The minimum Gasteiger partial charge on any atom is -0.334 e. The monoisotopic (exact) mass is 325 g/mol. The zero-order chi connectivity index (χ0) is 15.8. The molecule has 0 saturated heterocycles. The van der Waals surface area contributed by atoms with Crippen LogP contribution in [0, 0.1) is 0 Å². The van der Waals surface area contributed by atoms with Gasteiger partial charge < -0.3 is 9.47 Å². The Morgan fingerprint density at radius 1 is 1.17 bits per heavy atom. The highest BCUT2D eigenvalue weighted by molar-refractivity contribution is 7.13. The van der Waals surface area contributed by atoms with E-state index in [0.717, 1.165) is 27.9 Å². The van der Waals surface area contributed by atoms with Gasteiger partial charge in [0, 0.05) is 31.0 Å². The zero-order valence-corrected chi connectivity index (χ0v) is 13.5. The molecule has 0 radical (unpaired) electrons. The quantitative estimate of drug-likeness (QED) is 0.726. The Labute approximate surface area is 137 Å². The third-order valence-corrected chi connectivity index (χ3v) is 4.84. The van der Waals surface area contributed by atoms with Crippen molar-refractivity contribution in [1.29, 1.82) is 0 Å². The van der Waals surface area contributed by atoms with Gasteiger partial charge in [-0.2, -0.15) is 0 Å². The summed E-state index contributed by atoms with van der Waals surface area (Å²) in [4.78, 5) is 18.0. The van der Waals surface area contributed by atoms with Crippen LogP contribution in [0.15, 0.2) is 35.7 Å². The van der Waals surface area contributed by atoms with Gasteiger partial charge in [-0.3, -0.25) is 4.79 Å². The summed E-state index contributed by atoms with van der Waals surface area (Å²) in [5.74, 6) is 1.66. The molecule has 4 rings (SSSR count). The van der Waals surface area contributed by atoms with Crippen LogP contribution in [0.1, 0.15) is 12.7 Å². The van der Waals surface area contributed by atoms with E-state index in [1.165, 1.54) is 0 Å². The predicted octanol–water partition coefficient (Wildman–Crippen LogP) is 2.43. The minimum atomic E-state index is 0.0702. The molecule has 0 N–H and O–H groups in total. The largest absolute Gasteiger partial charge is 0.334 e. The van der Waals surface area contributed by atoms with E-state index in [9.17, 15) is 4.79 Å². The maximum Gasteiger partial charge on any atom is 0.219 e. The van der Waals surface area contributed by atoms with Gasteiger partial charge in [0.2, 0.25) is 5.91 Å². The van der Waals surface area contributed by atoms with Crippen LogP contribution >= 0.6 is 11.3 Å². The second kappa shape index (κ2) is 5.58. The van der Waals surface area contributed by atoms with E-state index in [4.69, 9.17) is 4.98 Å². The van der Waals surface area contributed by atoms with E-state index in [2.05, 4.69) is 14.8 Å². The molecule has 1 amide bonds.